The Bertz CT molecular complexity index is 197. The van der Waals surface area contributed by atoms with Crippen LogP contribution in [-0.4, -0.2) is 0 Å². The molecular weight excluding hydrogens is 192 g/mol. The molecule has 0 spiro atoms. The number of hydrogen-bond acceptors (Lipinski definition) is 2. The summed E-state index contributed by atoms with van der Waals surface area (Å²) >= 11 is 6.27. The molecule has 0 radical (unpaired) electrons. The van der Waals surface area contributed by atoms with Crippen molar-refractivity contribution in [1.29, 1.82) is 0 Å². The summed E-state index contributed by atoms with van der Waals surface area (Å²) in [5.74, 6) is 0. The van der Waals surface area contributed by atoms with E-state index in [4.69, 9.17) is 11.9 Å². The van der Waals surface area contributed by atoms with Gasteiger partial charge in [-0.2, -0.15) is 0 Å². The van der Waals surface area contributed by atoms with Crippen LogP contribution < -0.4 is 0 Å². The van der Waals surface area contributed by atoms with E-state index in [1.807, 2.05) is 12.1 Å². The van der Waals surface area contributed by atoms with Gasteiger partial charge in [0.05, 0.1) is 23.9 Å². The van der Waals surface area contributed by atoms with E-state index in [0.29, 0.717) is 0 Å². The van der Waals surface area contributed by atoms with Crippen LogP contribution in [0.2, 0.25) is 0 Å². The molecule has 0 aliphatic rings. The van der Waals surface area contributed by atoms with Gasteiger partial charge in [0, 0.05) is 4.90 Å². The number of halogens is 1. The molecule has 1 nitrogen and oxygen atoms in total. The molecular formula is C9H11ClOS. The average molecular weight is 203 g/mol. The van der Waals surface area contributed by atoms with Crippen LogP contribution in [0.15, 0.2) is 29.2 Å². The summed E-state index contributed by atoms with van der Waals surface area (Å²) in [6.07, 6.45) is 2.31. The fourth-order valence-electron chi connectivity index (χ4n) is 1.04. The molecule has 0 saturated heterocycles. The molecule has 0 atom stereocenters. The van der Waals surface area contributed by atoms with Crippen LogP contribution in [0, 0.1) is 0 Å². The van der Waals surface area contributed by atoms with Crippen molar-refractivity contribution < 1.29 is 3.74 Å². The Balaban J connectivity index is 2.58. The van der Waals surface area contributed by atoms with Gasteiger partial charge in [-0.25, -0.2) is 3.74 Å². The largest absolute Gasteiger partial charge is 0.202 e. The fraction of sp³-hybridized carbons (Fsp3) is 0.333. The number of hydrogen-bond donors (Lipinski definition) is 0. The minimum Gasteiger partial charge on any atom is -0.202 e. The molecule has 0 heterocycles. The molecule has 0 unspecified atom stereocenters. The zero-order valence-electron chi connectivity index (χ0n) is 6.92. The van der Waals surface area contributed by atoms with Gasteiger partial charge in [-0.1, -0.05) is 25.5 Å². The van der Waals surface area contributed by atoms with E-state index in [9.17, 15) is 0 Å². The SMILES string of the molecule is CCCc1ccc(SOCl)cc1. The quantitative estimate of drug-likeness (QED) is 0.687. The standard InChI is InChI=1S/C9H11ClOS/c1-2-3-8-4-6-9(7-5-8)12-11-10/h4-7H,2-3H2,1H3. The van der Waals surface area contributed by atoms with Crippen molar-refractivity contribution in [1.82, 2.24) is 0 Å². The van der Waals surface area contributed by atoms with Crippen molar-refractivity contribution >= 4 is 23.9 Å². The van der Waals surface area contributed by atoms with E-state index in [1.54, 1.807) is 0 Å². The topological polar surface area (TPSA) is 9.23 Å². The van der Waals surface area contributed by atoms with Crippen LogP contribution >= 0.6 is 23.9 Å². The first kappa shape index (κ1) is 9.90. The molecule has 0 N–H and O–H groups in total. The molecule has 0 aliphatic carbocycles. The van der Waals surface area contributed by atoms with Crippen LogP contribution in [-0.2, 0) is 10.2 Å². The van der Waals surface area contributed by atoms with Gasteiger partial charge in [0.25, 0.3) is 0 Å². The minimum absolute atomic E-state index is 1.03. The normalized spacial score (nSPS) is 10.2. The number of rotatable bonds is 4. The molecule has 1 aromatic carbocycles. The summed E-state index contributed by atoms with van der Waals surface area (Å²) in [4.78, 5) is 1.03. The summed E-state index contributed by atoms with van der Waals surface area (Å²) < 4.78 is 4.42. The van der Waals surface area contributed by atoms with Crippen molar-refractivity contribution in [2.75, 3.05) is 0 Å². The Morgan fingerprint density at radius 3 is 2.50 bits per heavy atom. The first-order valence-electron chi connectivity index (χ1n) is 3.91. The van der Waals surface area contributed by atoms with E-state index >= 15 is 0 Å². The third-order valence-corrected chi connectivity index (χ3v) is 2.31. The Hall–Kier alpha value is -0.180. The van der Waals surface area contributed by atoms with E-state index in [1.165, 1.54) is 24.0 Å². The average Bonchev–Trinajstić information content (AvgIpc) is 2.09. The Labute approximate surface area is 82.4 Å². The fourth-order valence-corrected chi connectivity index (χ4v) is 1.57. The molecule has 1 aromatic rings. The van der Waals surface area contributed by atoms with Crippen molar-refractivity contribution in [2.45, 2.75) is 24.7 Å². The summed E-state index contributed by atoms with van der Waals surface area (Å²) in [5.41, 5.74) is 1.36. The predicted molar refractivity (Wildman–Crippen MR) is 53.2 cm³/mol. The van der Waals surface area contributed by atoms with Gasteiger partial charge in [0.1, 0.15) is 0 Å². The van der Waals surface area contributed by atoms with E-state index in [-0.39, 0.29) is 0 Å². The van der Waals surface area contributed by atoms with Crippen molar-refractivity contribution in [2.24, 2.45) is 0 Å². The van der Waals surface area contributed by atoms with Gasteiger partial charge in [0.2, 0.25) is 0 Å². The van der Waals surface area contributed by atoms with Gasteiger partial charge < -0.3 is 0 Å². The maximum absolute atomic E-state index is 5.10. The van der Waals surface area contributed by atoms with Crippen molar-refractivity contribution in [3.8, 4) is 0 Å². The molecule has 3 heteroatoms. The summed E-state index contributed by atoms with van der Waals surface area (Å²) in [5, 5.41) is 0. The number of aryl methyl sites for hydroxylation is 1. The lowest BCUT2D eigenvalue weighted by Crippen LogP contribution is -1.81. The zero-order chi connectivity index (χ0) is 8.81. The van der Waals surface area contributed by atoms with Crippen LogP contribution in [0.25, 0.3) is 0 Å². The Morgan fingerprint density at radius 1 is 1.33 bits per heavy atom. The van der Waals surface area contributed by atoms with Crippen LogP contribution in [0.3, 0.4) is 0 Å². The van der Waals surface area contributed by atoms with Crippen LogP contribution in [0.4, 0.5) is 0 Å². The highest BCUT2D eigenvalue weighted by atomic mass is 35.5. The maximum atomic E-state index is 5.10. The summed E-state index contributed by atoms with van der Waals surface area (Å²) in [6.45, 7) is 2.17. The zero-order valence-corrected chi connectivity index (χ0v) is 8.49. The van der Waals surface area contributed by atoms with Crippen molar-refractivity contribution in [3.05, 3.63) is 29.8 Å². The van der Waals surface area contributed by atoms with Gasteiger partial charge >= 0.3 is 0 Å². The second kappa shape index (κ2) is 5.46. The highest BCUT2D eigenvalue weighted by Gasteiger charge is 1.94. The lowest BCUT2D eigenvalue weighted by molar-refractivity contribution is 0.727. The molecule has 0 amide bonds. The van der Waals surface area contributed by atoms with Crippen LogP contribution in [0.1, 0.15) is 18.9 Å². The Morgan fingerprint density at radius 2 is 2.00 bits per heavy atom. The lowest BCUT2D eigenvalue weighted by atomic mass is 10.1. The Kier molecular flexibility index (Phi) is 4.51. The molecule has 0 aromatic heterocycles. The first-order chi connectivity index (χ1) is 5.86. The molecule has 12 heavy (non-hydrogen) atoms. The van der Waals surface area contributed by atoms with Gasteiger partial charge in [-0.15, -0.1) is 0 Å². The first-order valence-corrected chi connectivity index (χ1v) is 4.96. The molecule has 0 aliphatic heterocycles. The second-order valence-corrected chi connectivity index (χ2v) is 3.68. The molecule has 66 valence electrons. The maximum Gasteiger partial charge on any atom is 0.0757 e. The predicted octanol–water partition coefficient (Wildman–Crippen LogP) is 3.82. The lowest BCUT2D eigenvalue weighted by Gasteiger charge is -1.99. The van der Waals surface area contributed by atoms with E-state index < -0.39 is 0 Å². The van der Waals surface area contributed by atoms with Crippen molar-refractivity contribution in [3.63, 3.8) is 0 Å². The number of benzene rings is 1. The van der Waals surface area contributed by atoms with Gasteiger partial charge in [0.15, 0.2) is 0 Å². The molecule has 1 rings (SSSR count). The second-order valence-electron chi connectivity index (χ2n) is 2.54. The minimum atomic E-state index is 1.03. The third kappa shape index (κ3) is 3.05. The molecule has 0 bridgehead atoms. The van der Waals surface area contributed by atoms with Gasteiger partial charge in [-0.05, 0) is 24.1 Å². The van der Waals surface area contributed by atoms with Gasteiger partial charge in [-0.3, -0.25) is 0 Å². The highest BCUT2D eigenvalue weighted by molar-refractivity contribution is 7.95. The summed E-state index contributed by atoms with van der Waals surface area (Å²) in [6, 6.07) is 8.22. The molecule has 0 fully saturated rings. The van der Waals surface area contributed by atoms with E-state index in [0.717, 1.165) is 11.3 Å². The molecule has 0 saturated carbocycles. The smallest absolute Gasteiger partial charge is 0.0757 e. The monoisotopic (exact) mass is 202 g/mol. The summed E-state index contributed by atoms with van der Waals surface area (Å²) in [7, 11) is 0. The van der Waals surface area contributed by atoms with E-state index in [2.05, 4.69) is 22.8 Å². The third-order valence-electron chi connectivity index (χ3n) is 1.59. The van der Waals surface area contributed by atoms with Crippen LogP contribution in [0.5, 0.6) is 0 Å². The highest BCUT2D eigenvalue weighted by Crippen LogP contribution is 2.20.